The average Bonchev–Trinajstić information content (AvgIpc) is 3.45. The standard InChI is InChI=1S/C67H49N5O/c73-67(50-21-6-1-7-22-50)51-41-43-56(44-42-51)72-65-39-19-37-63(48-65)70(54-27-12-4-13-28-54)61-35-17-33-59(46-61)68(52-23-8-2-9-24-52)57-31-16-32-58(45-57)69(53-25-10-3-11-26-53)60-34-18-36-62(47-60)71(55-29-14-5-15-30-55)64-38-20-40-66(72)49-64/h1-49H. The molecule has 11 aromatic rings. The summed E-state index contributed by atoms with van der Waals surface area (Å²) in [4.78, 5) is 25.4. The SMILES string of the molecule is O=C(c1ccccc1)c1ccc(N2c3cccc(c3)N(c3ccccc3)c3cccc(c3)N(c3ccccc3)c3cccc(c3)N(c3ccccc3)c3cccc(c3)N(c3ccccc3)c3cccc2c3)cc1. The Kier molecular flexibility index (Phi) is 12.0. The van der Waals surface area contributed by atoms with E-state index in [0.717, 1.165) is 85.3 Å². The van der Waals surface area contributed by atoms with Crippen LogP contribution in [-0.2, 0) is 0 Å². The molecule has 0 aromatic heterocycles. The van der Waals surface area contributed by atoms with Crippen molar-refractivity contribution in [2.24, 2.45) is 0 Å². The summed E-state index contributed by atoms with van der Waals surface area (Å²) in [6.07, 6.45) is 0. The number of ketones is 1. The van der Waals surface area contributed by atoms with E-state index in [1.165, 1.54) is 0 Å². The molecule has 12 rings (SSSR count). The molecule has 0 spiro atoms. The Labute approximate surface area is 426 Å². The maximum atomic E-state index is 13.8. The fourth-order valence-corrected chi connectivity index (χ4v) is 9.92. The summed E-state index contributed by atoms with van der Waals surface area (Å²) in [6, 6.07) is 104. The number of nitrogens with zero attached hydrogens (tertiary/aromatic N) is 5. The summed E-state index contributed by atoms with van der Waals surface area (Å²) in [7, 11) is 0. The van der Waals surface area contributed by atoms with Gasteiger partial charge in [0.05, 0.1) is 0 Å². The minimum absolute atomic E-state index is 0.0206. The van der Waals surface area contributed by atoms with Crippen LogP contribution in [0.2, 0.25) is 0 Å². The Hall–Kier alpha value is -9.91. The van der Waals surface area contributed by atoms with Gasteiger partial charge in [-0.3, -0.25) is 4.79 Å². The van der Waals surface area contributed by atoms with Crippen molar-refractivity contribution < 1.29 is 4.79 Å². The van der Waals surface area contributed by atoms with Gasteiger partial charge in [0.25, 0.3) is 0 Å². The Morgan fingerprint density at radius 2 is 0.356 bits per heavy atom. The lowest BCUT2D eigenvalue weighted by atomic mass is 10.0. The maximum absolute atomic E-state index is 13.8. The van der Waals surface area contributed by atoms with Crippen molar-refractivity contribution in [1.29, 1.82) is 0 Å². The average molecular weight is 940 g/mol. The molecule has 0 N–H and O–H groups in total. The molecule has 11 aromatic carbocycles. The van der Waals surface area contributed by atoms with E-state index in [4.69, 9.17) is 0 Å². The number of anilines is 15. The van der Waals surface area contributed by atoms with Crippen LogP contribution in [0.1, 0.15) is 15.9 Å². The molecule has 0 atom stereocenters. The molecule has 0 saturated heterocycles. The van der Waals surface area contributed by atoms with Crippen LogP contribution >= 0.6 is 0 Å². The zero-order chi connectivity index (χ0) is 48.9. The summed E-state index contributed by atoms with van der Waals surface area (Å²) < 4.78 is 0. The van der Waals surface area contributed by atoms with Crippen LogP contribution in [-0.4, -0.2) is 5.78 Å². The van der Waals surface area contributed by atoms with Gasteiger partial charge in [-0.05, 0) is 164 Å². The predicted molar refractivity (Wildman–Crippen MR) is 303 cm³/mol. The molecule has 6 nitrogen and oxygen atoms in total. The van der Waals surface area contributed by atoms with Crippen LogP contribution in [0, 0.1) is 0 Å². The van der Waals surface area contributed by atoms with Crippen molar-refractivity contribution in [1.82, 2.24) is 0 Å². The Balaban J connectivity index is 1.12. The van der Waals surface area contributed by atoms with Crippen molar-refractivity contribution in [2.75, 3.05) is 24.5 Å². The van der Waals surface area contributed by atoms with E-state index in [2.05, 4.69) is 279 Å². The summed E-state index contributed by atoms with van der Waals surface area (Å²) in [5, 5.41) is 0. The first kappa shape index (κ1) is 44.3. The highest BCUT2D eigenvalue weighted by Crippen LogP contribution is 2.47. The Bertz CT molecular complexity index is 3470. The van der Waals surface area contributed by atoms with E-state index < -0.39 is 0 Å². The summed E-state index contributed by atoms with van der Waals surface area (Å²) in [5.41, 5.74) is 16.1. The second-order valence-electron chi connectivity index (χ2n) is 17.9. The topological polar surface area (TPSA) is 33.3 Å². The number of hydrogen-bond donors (Lipinski definition) is 0. The van der Waals surface area contributed by atoms with E-state index in [0.29, 0.717) is 11.1 Å². The second kappa shape index (κ2) is 19.8. The highest BCUT2D eigenvalue weighted by atomic mass is 16.1. The zero-order valence-corrected chi connectivity index (χ0v) is 39.9. The van der Waals surface area contributed by atoms with Crippen LogP contribution in [0.5, 0.6) is 0 Å². The molecule has 1 aliphatic heterocycles. The first-order chi connectivity index (χ1) is 36.1. The molecule has 0 unspecified atom stereocenters. The quantitative estimate of drug-likeness (QED) is 0.148. The van der Waals surface area contributed by atoms with Gasteiger partial charge in [-0.25, -0.2) is 0 Å². The van der Waals surface area contributed by atoms with Crippen molar-refractivity contribution in [3.05, 3.63) is 308 Å². The van der Waals surface area contributed by atoms with Gasteiger partial charge in [-0.15, -0.1) is 0 Å². The van der Waals surface area contributed by atoms with E-state index >= 15 is 0 Å². The molecule has 0 radical (unpaired) electrons. The predicted octanol–water partition coefficient (Wildman–Crippen LogP) is 18.6. The summed E-state index contributed by atoms with van der Waals surface area (Å²) in [5.74, 6) is -0.0206. The van der Waals surface area contributed by atoms with Crippen LogP contribution in [0.15, 0.2) is 297 Å². The summed E-state index contributed by atoms with van der Waals surface area (Å²) >= 11 is 0. The largest absolute Gasteiger partial charge is 0.310 e. The van der Waals surface area contributed by atoms with E-state index in [1.807, 2.05) is 42.5 Å². The molecule has 0 amide bonds. The fraction of sp³-hybridized carbons (Fsp3) is 0. The molecular weight excluding hydrogens is 891 g/mol. The molecule has 10 bridgehead atoms. The maximum Gasteiger partial charge on any atom is 0.193 e. The van der Waals surface area contributed by atoms with Crippen molar-refractivity contribution in [3.63, 3.8) is 0 Å². The monoisotopic (exact) mass is 939 g/mol. The molecule has 1 heterocycles. The van der Waals surface area contributed by atoms with Crippen molar-refractivity contribution in [2.45, 2.75) is 0 Å². The van der Waals surface area contributed by atoms with Gasteiger partial charge in [0.1, 0.15) is 0 Å². The molecule has 1 aliphatic rings. The summed E-state index contributed by atoms with van der Waals surface area (Å²) in [6.45, 7) is 0. The third-order valence-electron chi connectivity index (χ3n) is 13.2. The number of carbonyl (C=O) groups is 1. The first-order valence-electron chi connectivity index (χ1n) is 24.5. The number of para-hydroxylation sites is 4. The van der Waals surface area contributed by atoms with Crippen LogP contribution in [0.3, 0.4) is 0 Å². The molecular formula is C67H49N5O. The van der Waals surface area contributed by atoms with Gasteiger partial charge < -0.3 is 24.5 Å². The Morgan fingerprint density at radius 1 is 0.178 bits per heavy atom. The lowest BCUT2D eigenvalue weighted by molar-refractivity contribution is 0.103. The van der Waals surface area contributed by atoms with Crippen molar-refractivity contribution in [3.8, 4) is 0 Å². The van der Waals surface area contributed by atoms with Gasteiger partial charge in [-0.1, -0.05) is 133 Å². The van der Waals surface area contributed by atoms with Gasteiger partial charge in [0, 0.05) is 96.4 Å². The molecule has 0 aliphatic carbocycles. The minimum Gasteiger partial charge on any atom is -0.310 e. The number of benzene rings is 11. The van der Waals surface area contributed by atoms with E-state index in [9.17, 15) is 4.79 Å². The first-order valence-corrected chi connectivity index (χ1v) is 24.5. The van der Waals surface area contributed by atoms with Gasteiger partial charge in [0.15, 0.2) is 5.78 Å². The molecule has 0 fully saturated rings. The van der Waals surface area contributed by atoms with Gasteiger partial charge >= 0.3 is 0 Å². The van der Waals surface area contributed by atoms with Gasteiger partial charge in [0.2, 0.25) is 0 Å². The third kappa shape index (κ3) is 8.97. The lowest BCUT2D eigenvalue weighted by Crippen LogP contribution is -2.16. The minimum atomic E-state index is -0.0206. The number of rotatable bonds is 7. The van der Waals surface area contributed by atoms with Crippen LogP contribution in [0.25, 0.3) is 0 Å². The molecule has 348 valence electrons. The highest BCUT2D eigenvalue weighted by Gasteiger charge is 2.24. The molecule has 6 heteroatoms. The fourth-order valence-electron chi connectivity index (χ4n) is 9.92. The van der Waals surface area contributed by atoms with Gasteiger partial charge in [-0.2, -0.15) is 0 Å². The molecule has 73 heavy (non-hydrogen) atoms. The third-order valence-corrected chi connectivity index (χ3v) is 13.2. The van der Waals surface area contributed by atoms with E-state index in [1.54, 1.807) is 0 Å². The van der Waals surface area contributed by atoms with Crippen LogP contribution < -0.4 is 24.5 Å². The number of fused-ring (bicyclic) bond motifs is 10. The smallest absolute Gasteiger partial charge is 0.193 e. The number of hydrogen-bond acceptors (Lipinski definition) is 6. The van der Waals surface area contributed by atoms with E-state index in [-0.39, 0.29) is 5.78 Å². The van der Waals surface area contributed by atoms with Crippen LogP contribution in [0.4, 0.5) is 85.3 Å². The number of carbonyl (C=O) groups excluding carboxylic acids is 1. The normalized spacial score (nSPS) is 12.3. The highest BCUT2D eigenvalue weighted by molar-refractivity contribution is 6.09. The molecule has 0 saturated carbocycles. The zero-order valence-electron chi connectivity index (χ0n) is 39.9. The lowest BCUT2D eigenvalue weighted by Gasteiger charge is -2.33. The Morgan fingerprint density at radius 3 is 0.589 bits per heavy atom. The van der Waals surface area contributed by atoms with Crippen molar-refractivity contribution >= 4 is 91.1 Å². The second-order valence-corrected chi connectivity index (χ2v) is 17.9.